The molecule has 0 aliphatic heterocycles. The number of amides is 1. The van der Waals surface area contributed by atoms with Gasteiger partial charge in [0.05, 0.1) is 27.3 Å². The number of aromatic nitrogens is 3. The molecule has 0 bridgehead atoms. The van der Waals surface area contributed by atoms with Gasteiger partial charge in [-0.25, -0.2) is 4.68 Å². The number of nitro groups is 1. The fourth-order valence-electron chi connectivity index (χ4n) is 3.25. The Morgan fingerprint density at radius 3 is 2.61 bits per heavy atom. The molecule has 0 radical (unpaired) electrons. The van der Waals surface area contributed by atoms with Crippen molar-refractivity contribution in [1.29, 1.82) is 0 Å². The van der Waals surface area contributed by atoms with Gasteiger partial charge in [-0.05, 0) is 42.5 Å². The van der Waals surface area contributed by atoms with E-state index in [1.807, 2.05) is 0 Å². The fraction of sp³-hybridized carbons (Fsp3) is 0.125. The number of nitro benzene ring substituents is 1. The number of anilines is 1. The van der Waals surface area contributed by atoms with Crippen LogP contribution in [0, 0.1) is 10.1 Å². The molecule has 0 unspecified atom stereocenters. The van der Waals surface area contributed by atoms with Gasteiger partial charge in [0, 0.05) is 36.1 Å². The summed E-state index contributed by atoms with van der Waals surface area (Å²) in [4.78, 5) is 27.7. The molecule has 184 valence electrons. The highest BCUT2D eigenvalue weighted by atomic mass is 35.5. The summed E-state index contributed by atoms with van der Waals surface area (Å²) < 4.78 is 12.2. The normalized spacial score (nSPS) is 10.8. The molecule has 1 N–H and O–H groups in total. The lowest BCUT2D eigenvalue weighted by Crippen LogP contribution is -2.12. The van der Waals surface area contributed by atoms with Crippen LogP contribution in [-0.4, -0.2) is 45.9 Å². The second kappa shape index (κ2) is 11.2. The van der Waals surface area contributed by atoms with Crippen molar-refractivity contribution in [2.24, 2.45) is 0 Å². The minimum atomic E-state index is -0.557. The molecule has 36 heavy (non-hydrogen) atoms. The lowest BCUT2D eigenvalue weighted by atomic mass is 10.2. The average molecular weight is 528 g/mol. The predicted octanol–water partition coefficient (Wildman–Crippen LogP) is 5.43. The predicted molar refractivity (Wildman–Crippen MR) is 135 cm³/mol. The molecule has 4 rings (SSSR count). The van der Waals surface area contributed by atoms with E-state index < -0.39 is 10.8 Å². The van der Waals surface area contributed by atoms with Crippen molar-refractivity contribution >= 4 is 40.5 Å². The molecule has 0 spiro atoms. The lowest BCUT2D eigenvalue weighted by Gasteiger charge is -2.10. The van der Waals surface area contributed by atoms with Crippen LogP contribution in [0.3, 0.4) is 0 Å². The van der Waals surface area contributed by atoms with Crippen LogP contribution < -0.4 is 10.1 Å². The maximum Gasteiger partial charge on any atom is 0.336 e. The lowest BCUT2D eigenvalue weighted by molar-refractivity contribution is -0.384. The second-order valence-electron chi connectivity index (χ2n) is 7.41. The summed E-state index contributed by atoms with van der Waals surface area (Å²) in [7, 11) is 1.56. The molecule has 1 heterocycles. The quantitative estimate of drug-likeness (QED) is 0.175. The molecule has 0 aliphatic carbocycles. The van der Waals surface area contributed by atoms with E-state index in [2.05, 4.69) is 15.4 Å². The molecule has 1 aromatic heterocycles. The number of hydrogen-bond acceptors (Lipinski definition) is 7. The third-order valence-electron chi connectivity index (χ3n) is 4.95. The largest absolute Gasteiger partial charge is 0.460 e. The van der Waals surface area contributed by atoms with Crippen LogP contribution in [0.15, 0.2) is 66.7 Å². The van der Waals surface area contributed by atoms with Gasteiger partial charge in [-0.3, -0.25) is 14.9 Å². The van der Waals surface area contributed by atoms with Crippen molar-refractivity contribution in [3.8, 4) is 23.1 Å². The standard InChI is InChI=1S/C24H19Cl2N5O5/c1-35-10-11-36-24-28-22(15-8-9-20(25)21(26)13-15)30(29-24)18-6-3-5-17(14-18)27-23(32)16-4-2-7-19(12-16)31(33)34/h2-9,12-14H,10-11H2,1H3,(H,27,32). The molecule has 0 saturated carbocycles. The van der Waals surface area contributed by atoms with Crippen molar-refractivity contribution < 1.29 is 19.2 Å². The van der Waals surface area contributed by atoms with Gasteiger partial charge in [0.25, 0.3) is 11.6 Å². The number of benzene rings is 3. The van der Waals surface area contributed by atoms with Crippen LogP contribution in [0.4, 0.5) is 11.4 Å². The van der Waals surface area contributed by atoms with Gasteiger partial charge in [0.1, 0.15) is 6.61 Å². The molecule has 10 nitrogen and oxygen atoms in total. The maximum atomic E-state index is 12.7. The van der Waals surface area contributed by atoms with E-state index in [0.717, 1.165) is 0 Å². The van der Waals surface area contributed by atoms with E-state index in [-0.39, 0.29) is 23.9 Å². The summed E-state index contributed by atoms with van der Waals surface area (Å²) in [5.41, 5.74) is 1.64. The van der Waals surface area contributed by atoms with Crippen molar-refractivity contribution in [3.63, 3.8) is 0 Å². The zero-order chi connectivity index (χ0) is 25.7. The van der Waals surface area contributed by atoms with Crippen molar-refractivity contribution in [3.05, 3.63) is 92.5 Å². The van der Waals surface area contributed by atoms with Gasteiger partial charge in [-0.1, -0.05) is 35.3 Å². The number of nitrogens with one attached hydrogen (secondary N) is 1. The number of hydrogen-bond donors (Lipinski definition) is 1. The number of ether oxygens (including phenoxy) is 2. The molecule has 3 aromatic carbocycles. The van der Waals surface area contributed by atoms with E-state index >= 15 is 0 Å². The topological polar surface area (TPSA) is 121 Å². The molecule has 0 saturated heterocycles. The molecule has 1 amide bonds. The van der Waals surface area contributed by atoms with Crippen LogP contribution >= 0.6 is 23.2 Å². The highest BCUT2D eigenvalue weighted by Gasteiger charge is 2.17. The molecular formula is C24H19Cl2N5O5. The Labute approximate surface area is 215 Å². The van der Waals surface area contributed by atoms with Crippen molar-refractivity contribution in [1.82, 2.24) is 14.8 Å². The fourth-order valence-corrected chi connectivity index (χ4v) is 3.55. The molecule has 0 atom stereocenters. The highest BCUT2D eigenvalue weighted by Crippen LogP contribution is 2.30. The van der Waals surface area contributed by atoms with Crippen molar-refractivity contribution in [2.45, 2.75) is 0 Å². The Bertz CT molecular complexity index is 1430. The summed E-state index contributed by atoms with van der Waals surface area (Å²) in [6, 6.07) is 17.5. The Morgan fingerprint density at radius 1 is 1.06 bits per heavy atom. The Hall–Kier alpha value is -3.99. The first kappa shape index (κ1) is 25.1. The number of carbonyl (C=O) groups excluding carboxylic acids is 1. The van der Waals surface area contributed by atoms with Gasteiger partial charge >= 0.3 is 6.01 Å². The number of methoxy groups -OCH3 is 1. The summed E-state index contributed by atoms with van der Waals surface area (Å²) in [6.07, 6.45) is 0. The van der Waals surface area contributed by atoms with Gasteiger partial charge < -0.3 is 14.8 Å². The Kier molecular flexibility index (Phi) is 7.79. The van der Waals surface area contributed by atoms with E-state index in [0.29, 0.717) is 39.4 Å². The minimum absolute atomic E-state index is 0.124. The van der Waals surface area contributed by atoms with E-state index in [1.165, 1.54) is 24.3 Å². The molecular weight excluding hydrogens is 509 g/mol. The summed E-state index contributed by atoms with van der Waals surface area (Å²) in [6.45, 7) is 0.608. The molecule has 12 heteroatoms. The van der Waals surface area contributed by atoms with E-state index in [4.69, 9.17) is 32.7 Å². The summed E-state index contributed by atoms with van der Waals surface area (Å²) >= 11 is 12.3. The molecule has 4 aromatic rings. The van der Waals surface area contributed by atoms with Crippen LogP contribution in [0.2, 0.25) is 10.0 Å². The third-order valence-corrected chi connectivity index (χ3v) is 5.69. The number of rotatable bonds is 9. The number of nitrogens with zero attached hydrogens (tertiary/aromatic N) is 4. The second-order valence-corrected chi connectivity index (χ2v) is 8.23. The molecule has 0 fully saturated rings. The highest BCUT2D eigenvalue weighted by molar-refractivity contribution is 6.42. The van der Waals surface area contributed by atoms with Crippen LogP contribution in [0.25, 0.3) is 17.1 Å². The smallest absolute Gasteiger partial charge is 0.336 e. The minimum Gasteiger partial charge on any atom is -0.460 e. The first-order valence-electron chi connectivity index (χ1n) is 10.6. The summed E-state index contributed by atoms with van der Waals surface area (Å²) in [5.74, 6) is -0.0640. The van der Waals surface area contributed by atoms with Crippen molar-refractivity contribution in [2.75, 3.05) is 25.6 Å². The monoisotopic (exact) mass is 527 g/mol. The zero-order valence-electron chi connectivity index (χ0n) is 18.9. The van der Waals surface area contributed by atoms with Gasteiger partial charge in [-0.2, -0.15) is 4.98 Å². The van der Waals surface area contributed by atoms with Crippen LogP contribution in [-0.2, 0) is 4.74 Å². The van der Waals surface area contributed by atoms with E-state index in [1.54, 1.807) is 54.3 Å². The number of non-ortho nitro benzene ring substituents is 1. The average Bonchev–Trinajstić information content (AvgIpc) is 3.30. The Balaban J connectivity index is 1.67. The summed E-state index contributed by atoms with van der Waals surface area (Å²) in [5, 5.41) is 19.0. The van der Waals surface area contributed by atoms with Gasteiger partial charge in [0.2, 0.25) is 0 Å². The van der Waals surface area contributed by atoms with Gasteiger partial charge in [-0.15, -0.1) is 5.10 Å². The third kappa shape index (κ3) is 5.80. The first-order chi connectivity index (χ1) is 17.4. The molecule has 0 aliphatic rings. The zero-order valence-corrected chi connectivity index (χ0v) is 20.4. The van der Waals surface area contributed by atoms with Crippen LogP contribution in [0.1, 0.15) is 10.4 Å². The Morgan fingerprint density at radius 2 is 1.86 bits per heavy atom. The van der Waals surface area contributed by atoms with Crippen LogP contribution in [0.5, 0.6) is 6.01 Å². The number of halogens is 2. The first-order valence-corrected chi connectivity index (χ1v) is 11.3. The maximum absolute atomic E-state index is 12.7. The SMILES string of the molecule is COCCOc1nc(-c2ccc(Cl)c(Cl)c2)n(-c2cccc(NC(=O)c3cccc([N+](=O)[O-])c3)c2)n1. The van der Waals surface area contributed by atoms with E-state index in [9.17, 15) is 14.9 Å². The number of carbonyl (C=O) groups is 1. The van der Waals surface area contributed by atoms with Gasteiger partial charge in [0.15, 0.2) is 5.82 Å².